The summed E-state index contributed by atoms with van der Waals surface area (Å²) >= 11 is 0. The van der Waals surface area contributed by atoms with Crippen molar-refractivity contribution in [2.45, 2.75) is 6.54 Å². The monoisotopic (exact) mass is 278 g/mol. The van der Waals surface area contributed by atoms with E-state index < -0.39 is 5.97 Å². The Kier molecular flexibility index (Phi) is 3.51. The van der Waals surface area contributed by atoms with Crippen molar-refractivity contribution in [3.8, 4) is 0 Å². The summed E-state index contributed by atoms with van der Waals surface area (Å²) in [5, 5.41) is 8.60. The second kappa shape index (κ2) is 5.63. The van der Waals surface area contributed by atoms with Crippen molar-refractivity contribution in [3.63, 3.8) is 0 Å². The molecular formula is C17H14N2O2. The SMILES string of the molecule is O=C(O)/C=C/c1ccc(Cn2cnc3ccccc32)cc1. The highest BCUT2D eigenvalue weighted by molar-refractivity contribution is 5.85. The maximum absolute atomic E-state index is 10.5. The van der Waals surface area contributed by atoms with Gasteiger partial charge in [-0.05, 0) is 29.3 Å². The Morgan fingerprint density at radius 1 is 1.14 bits per heavy atom. The molecule has 0 bridgehead atoms. The molecule has 1 aromatic heterocycles. The number of aromatic nitrogens is 2. The Morgan fingerprint density at radius 3 is 2.67 bits per heavy atom. The van der Waals surface area contributed by atoms with Gasteiger partial charge in [0.2, 0.25) is 0 Å². The Labute approximate surface area is 122 Å². The summed E-state index contributed by atoms with van der Waals surface area (Å²) in [5.74, 6) is -0.941. The van der Waals surface area contributed by atoms with Gasteiger partial charge in [0, 0.05) is 12.6 Å². The van der Waals surface area contributed by atoms with Crippen molar-refractivity contribution < 1.29 is 9.90 Å². The van der Waals surface area contributed by atoms with Crippen LogP contribution in [0.2, 0.25) is 0 Å². The van der Waals surface area contributed by atoms with Crippen molar-refractivity contribution in [2.24, 2.45) is 0 Å². The molecule has 0 aliphatic heterocycles. The van der Waals surface area contributed by atoms with Crippen LogP contribution >= 0.6 is 0 Å². The Balaban J connectivity index is 1.80. The summed E-state index contributed by atoms with van der Waals surface area (Å²) in [6.07, 6.45) is 4.56. The van der Waals surface area contributed by atoms with Gasteiger partial charge in [0.1, 0.15) is 0 Å². The van der Waals surface area contributed by atoms with E-state index in [1.54, 1.807) is 6.08 Å². The maximum atomic E-state index is 10.5. The van der Waals surface area contributed by atoms with Gasteiger partial charge in [-0.2, -0.15) is 0 Å². The number of nitrogens with zero attached hydrogens (tertiary/aromatic N) is 2. The van der Waals surface area contributed by atoms with Crippen molar-refractivity contribution in [1.29, 1.82) is 0 Å². The number of hydrogen-bond donors (Lipinski definition) is 1. The summed E-state index contributed by atoms with van der Waals surface area (Å²) in [6.45, 7) is 0.740. The lowest BCUT2D eigenvalue weighted by atomic mass is 10.1. The van der Waals surface area contributed by atoms with Crippen LogP contribution in [0.4, 0.5) is 0 Å². The number of carbonyl (C=O) groups is 1. The molecule has 104 valence electrons. The molecule has 3 aromatic rings. The van der Waals surface area contributed by atoms with E-state index in [0.717, 1.165) is 34.8 Å². The lowest BCUT2D eigenvalue weighted by Gasteiger charge is -2.05. The van der Waals surface area contributed by atoms with Gasteiger partial charge in [-0.25, -0.2) is 9.78 Å². The first-order chi connectivity index (χ1) is 10.2. The largest absolute Gasteiger partial charge is 0.478 e. The molecule has 0 saturated carbocycles. The minimum Gasteiger partial charge on any atom is -0.478 e. The normalized spacial score (nSPS) is 11.2. The third kappa shape index (κ3) is 3.00. The second-order valence-electron chi connectivity index (χ2n) is 4.77. The zero-order valence-electron chi connectivity index (χ0n) is 11.3. The first-order valence-electron chi connectivity index (χ1n) is 6.62. The van der Waals surface area contributed by atoms with E-state index in [2.05, 4.69) is 9.55 Å². The summed E-state index contributed by atoms with van der Waals surface area (Å²) in [5.41, 5.74) is 4.10. The molecule has 1 heterocycles. The minimum absolute atomic E-state index is 0.740. The van der Waals surface area contributed by atoms with E-state index in [4.69, 9.17) is 5.11 Å². The molecule has 0 amide bonds. The summed E-state index contributed by atoms with van der Waals surface area (Å²) in [7, 11) is 0. The zero-order chi connectivity index (χ0) is 14.7. The van der Waals surface area contributed by atoms with E-state index in [-0.39, 0.29) is 0 Å². The summed E-state index contributed by atoms with van der Waals surface area (Å²) in [6, 6.07) is 15.8. The van der Waals surface area contributed by atoms with Crippen LogP contribution < -0.4 is 0 Å². The van der Waals surface area contributed by atoms with E-state index in [1.165, 1.54) is 0 Å². The van der Waals surface area contributed by atoms with Crippen LogP contribution in [0.25, 0.3) is 17.1 Å². The van der Waals surface area contributed by atoms with Crippen molar-refractivity contribution in [2.75, 3.05) is 0 Å². The number of rotatable bonds is 4. The van der Waals surface area contributed by atoms with Crippen LogP contribution in [0.5, 0.6) is 0 Å². The lowest BCUT2D eigenvalue weighted by molar-refractivity contribution is -0.131. The van der Waals surface area contributed by atoms with Gasteiger partial charge in [-0.3, -0.25) is 0 Å². The van der Waals surface area contributed by atoms with E-state index in [1.807, 2.05) is 54.9 Å². The molecule has 3 rings (SSSR count). The van der Waals surface area contributed by atoms with Crippen LogP contribution in [0.15, 0.2) is 60.9 Å². The molecule has 0 saturated heterocycles. The molecule has 0 radical (unpaired) electrons. The molecule has 4 nitrogen and oxygen atoms in total. The van der Waals surface area contributed by atoms with Gasteiger partial charge in [0.25, 0.3) is 0 Å². The highest BCUT2D eigenvalue weighted by atomic mass is 16.4. The molecule has 0 atom stereocenters. The molecule has 0 aliphatic rings. The maximum Gasteiger partial charge on any atom is 0.328 e. The number of imidazole rings is 1. The molecule has 0 aliphatic carbocycles. The molecular weight excluding hydrogens is 264 g/mol. The standard InChI is InChI=1S/C17H14N2O2/c20-17(21)10-9-13-5-7-14(8-6-13)11-19-12-18-15-3-1-2-4-16(15)19/h1-10,12H,11H2,(H,20,21)/b10-9+. The van der Waals surface area contributed by atoms with Crippen molar-refractivity contribution >= 4 is 23.1 Å². The number of benzene rings is 2. The average Bonchev–Trinajstić information content (AvgIpc) is 2.90. The number of para-hydroxylation sites is 2. The van der Waals surface area contributed by atoms with Gasteiger partial charge in [-0.15, -0.1) is 0 Å². The van der Waals surface area contributed by atoms with Gasteiger partial charge < -0.3 is 9.67 Å². The summed E-state index contributed by atoms with van der Waals surface area (Å²) < 4.78 is 2.09. The quantitative estimate of drug-likeness (QED) is 0.746. The number of fused-ring (bicyclic) bond motifs is 1. The fourth-order valence-corrected chi connectivity index (χ4v) is 2.23. The predicted octanol–water partition coefficient (Wildman–Crippen LogP) is 3.18. The second-order valence-corrected chi connectivity index (χ2v) is 4.77. The molecule has 0 fully saturated rings. The van der Waals surface area contributed by atoms with E-state index in [9.17, 15) is 4.79 Å². The molecule has 0 spiro atoms. The highest BCUT2D eigenvalue weighted by Crippen LogP contribution is 2.14. The topological polar surface area (TPSA) is 55.1 Å². The predicted molar refractivity (Wildman–Crippen MR) is 81.9 cm³/mol. The average molecular weight is 278 g/mol. The van der Waals surface area contributed by atoms with Crippen LogP contribution in [0, 0.1) is 0 Å². The third-order valence-corrected chi connectivity index (χ3v) is 3.28. The van der Waals surface area contributed by atoms with Crippen LogP contribution in [-0.2, 0) is 11.3 Å². The Bertz CT molecular complexity index is 801. The number of hydrogen-bond acceptors (Lipinski definition) is 2. The number of carboxylic acids is 1. The van der Waals surface area contributed by atoms with Gasteiger partial charge >= 0.3 is 5.97 Å². The smallest absolute Gasteiger partial charge is 0.328 e. The Hall–Kier alpha value is -2.88. The van der Waals surface area contributed by atoms with Crippen LogP contribution in [-0.4, -0.2) is 20.6 Å². The van der Waals surface area contributed by atoms with Crippen molar-refractivity contribution in [1.82, 2.24) is 9.55 Å². The molecule has 2 aromatic carbocycles. The molecule has 4 heteroatoms. The molecule has 21 heavy (non-hydrogen) atoms. The first-order valence-corrected chi connectivity index (χ1v) is 6.62. The van der Waals surface area contributed by atoms with Gasteiger partial charge in [0.15, 0.2) is 0 Å². The molecule has 0 unspecified atom stereocenters. The van der Waals surface area contributed by atoms with Crippen molar-refractivity contribution in [3.05, 3.63) is 72.1 Å². The molecule has 1 N–H and O–H groups in total. The zero-order valence-corrected chi connectivity index (χ0v) is 11.3. The van der Waals surface area contributed by atoms with Gasteiger partial charge in [0.05, 0.1) is 17.4 Å². The number of aliphatic carboxylic acids is 1. The highest BCUT2D eigenvalue weighted by Gasteiger charge is 2.02. The van der Waals surface area contributed by atoms with Crippen LogP contribution in [0.1, 0.15) is 11.1 Å². The van der Waals surface area contributed by atoms with E-state index >= 15 is 0 Å². The minimum atomic E-state index is -0.941. The fraction of sp³-hybridized carbons (Fsp3) is 0.0588. The van der Waals surface area contributed by atoms with E-state index in [0.29, 0.717) is 0 Å². The number of carboxylic acid groups (broad SMARTS) is 1. The third-order valence-electron chi connectivity index (χ3n) is 3.28. The van der Waals surface area contributed by atoms with Crippen LogP contribution in [0.3, 0.4) is 0 Å². The fourth-order valence-electron chi connectivity index (χ4n) is 2.23. The lowest BCUT2D eigenvalue weighted by Crippen LogP contribution is -1.97. The summed E-state index contributed by atoms with van der Waals surface area (Å²) in [4.78, 5) is 14.8. The Morgan fingerprint density at radius 2 is 1.90 bits per heavy atom. The van der Waals surface area contributed by atoms with Gasteiger partial charge in [-0.1, -0.05) is 36.4 Å². The first kappa shape index (κ1) is 13.1.